The number of nitrogens with zero attached hydrogens (tertiary/aromatic N) is 1. The Kier molecular flexibility index (Phi) is 3.63. The highest BCUT2D eigenvalue weighted by Gasteiger charge is 2.52. The van der Waals surface area contributed by atoms with Crippen LogP contribution in [0.3, 0.4) is 0 Å². The molecule has 4 unspecified atom stereocenters. The molecule has 0 saturated carbocycles. The van der Waals surface area contributed by atoms with Crippen molar-refractivity contribution in [3.05, 3.63) is 35.9 Å². The van der Waals surface area contributed by atoms with Crippen molar-refractivity contribution in [1.29, 1.82) is 0 Å². The monoisotopic (exact) mass is 277 g/mol. The first-order chi connectivity index (χ1) is 9.70. The molecule has 2 aliphatic rings. The Bertz CT molecular complexity index is 478. The van der Waals surface area contributed by atoms with Gasteiger partial charge in [0.1, 0.15) is 6.10 Å². The minimum absolute atomic E-state index is 0.107. The number of ether oxygens (including phenoxy) is 2. The van der Waals surface area contributed by atoms with Gasteiger partial charge in [-0.1, -0.05) is 30.3 Å². The number of aliphatic hydroxyl groups is 1. The van der Waals surface area contributed by atoms with Gasteiger partial charge < -0.3 is 14.6 Å². The second-order valence-electron chi connectivity index (χ2n) is 5.43. The molecule has 0 aliphatic carbocycles. The lowest BCUT2D eigenvalue weighted by atomic mass is 9.94. The summed E-state index contributed by atoms with van der Waals surface area (Å²) in [6.45, 7) is 0.849. The zero-order valence-corrected chi connectivity index (χ0v) is 11.4. The minimum atomic E-state index is -0.625. The standard InChI is InChI=1S/C15H19NO4/c1-19-15(18)16-8-11(7-10-5-3-2-4-6-10)14-13(16)12(17)9-20-14/h2-6,11-14,17H,7-9H2,1H3. The number of amides is 1. The average Bonchev–Trinajstić information content (AvgIpc) is 3.02. The van der Waals surface area contributed by atoms with Crippen LogP contribution in [0.2, 0.25) is 0 Å². The highest BCUT2D eigenvalue weighted by Crippen LogP contribution is 2.35. The van der Waals surface area contributed by atoms with Gasteiger partial charge in [0.2, 0.25) is 0 Å². The summed E-state index contributed by atoms with van der Waals surface area (Å²) in [7, 11) is 1.37. The van der Waals surface area contributed by atoms with Crippen LogP contribution in [0, 0.1) is 5.92 Å². The van der Waals surface area contributed by atoms with Crippen LogP contribution in [-0.2, 0) is 15.9 Å². The summed E-state index contributed by atoms with van der Waals surface area (Å²) in [6.07, 6.45) is -0.285. The normalized spacial score (nSPS) is 32.2. The van der Waals surface area contributed by atoms with E-state index in [9.17, 15) is 9.90 Å². The number of methoxy groups -OCH3 is 1. The number of rotatable bonds is 2. The van der Waals surface area contributed by atoms with Crippen LogP contribution in [0.15, 0.2) is 30.3 Å². The predicted molar refractivity (Wildman–Crippen MR) is 72.3 cm³/mol. The first kappa shape index (κ1) is 13.4. The summed E-state index contributed by atoms with van der Waals surface area (Å²) in [5.41, 5.74) is 1.22. The van der Waals surface area contributed by atoms with Crippen LogP contribution < -0.4 is 0 Å². The second kappa shape index (κ2) is 5.42. The largest absolute Gasteiger partial charge is 0.453 e. The highest BCUT2D eigenvalue weighted by atomic mass is 16.5. The van der Waals surface area contributed by atoms with E-state index < -0.39 is 6.10 Å². The van der Waals surface area contributed by atoms with E-state index in [0.29, 0.717) is 6.54 Å². The molecule has 5 heteroatoms. The molecule has 2 saturated heterocycles. The Morgan fingerprint density at radius 1 is 1.45 bits per heavy atom. The van der Waals surface area contributed by atoms with Crippen LogP contribution in [0.25, 0.3) is 0 Å². The third kappa shape index (κ3) is 2.27. The molecule has 1 amide bonds. The van der Waals surface area contributed by atoms with Crippen molar-refractivity contribution >= 4 is 6.09 Å². The fourth-order valence-corrected chi connectivity index (χ4v) is 3.32. The van der Waals surface area contributed by atoms with Gasteiger partial charge in [-0.2, -0.15) is 0 Å². The summed E-state index contributed by atoms with van der Waals surface area (Å²) in [4.78, 5) is 13.4. The molecular formula is C15H19NO4. The molecule has 2 heterocycles. The fourth-order valence-electron chi connectivity index (χ4n) is 3.32. The summed E-state index contributed by atoms with van der Waals surface area (Å²) >= 11 is 0. The molecule has 5 nitrogen and oxygen atoms in total. The quantitative estimate of drug-likeness (QED) is 0.878. The lowest BCUT2D eigenvalue weighted by Crippen LogP contribution is -2.43. The maximum atomic E-state index is 11.8. The van der Waals surface area contributed by atoms with Crippen LogP contribution >= 0.6 is 0 Å². The number of likely N-dealkylation sites (tertiary alicyclic amines) is 1. The molecule has 1 aromatic carbocycles. The van der Waals surface area contributed by atoms with E-state index in [2.05, 4.69) is 12.1 Å². The van der Waals surface area contributed by atoms with Crippen molar-refractivity contribution < 1.29 is 19.4 Å². The van der Waals surface area contributed by atoms with E-state index in [1.54, 1.807) is 4.90 Å². The molecule has 2 aliphatic heterocycles. The zero-order valence-electron chi connectivity index (χ0n) is 11.4. The zero-order chi connectivity index (χ0) is 14.1. The van der Waals surface area contributed by atoms with E-state index in [4.69, 9.17) is 9.47 Å². The molecule has 2 fully saturated rings. The summed E-state index contributed by atoms with van der Waals surface area (Å²) in [5.74, 6) is 0.193. The summed E-state index contributed by atoms with van der Waals surface area (Å²) in [6, 6.07) is 9.85. The first-order valence-corrected chi connectivity index (χ1v) is 6.89. The number of benzene rings is 1. The highest BCUT2D eigenvalue weighted by molar-refractivity contribution is 5.68. The van der Waals surface area contributed by atoms with Crippen LogP contribution in [0.5, 0.6) is 0 Å². The summed E-state index contributed by atoms with van der Waals surface area (Å²) < 4.78 is 10.5. The molecule has 0 bridgehead atoms. The van der Waals surface area contributed by atoms with E-state index in [1.165, 1.54) is 12.7 Å². The SMILES string of the molecule is COC(=O)N1CC(Cc2ccccc2)C2OCC(O)C21. The molecule has 1 N–H and O–H groups in total. The van der Waals surface area contributed by atoms with Gasteiger partial charge in [-0.3, -0.25) is 4.90 Å². The molecule has 0 aromatic heterocycles. The molecule has 0 spiro atoms. The number of hydrogen-bond acceptors (Lipinski definition) is 4. The number of hydrogen-bond donors (Lipinski definition) is 1. The minimum Gasteiger partial charge on any atom is -0.453 e. The van der Waals surface area contributed by atoms with Gasteiger partial charge in [0.05, 0.1) is 25.9 Å². The van der Waals surface area contributed by atoms with E-state index in [1.807, 2.05) is 18.2 Å². The van der Waals surface area contributed by atoms with Crippen molar-refractivity contribution in [3.63, 3.8) is 0 Å². The number of fused-ring (bicyclic) bond motifs is 1. The van der Waals surface area contributed by atoms with Gasteiger partial charge in [-0.25, -0.2) is 4.79 Å². The number of aliphatic hydroxyl groups excluding tert-OH is 1. The van der Waals surface area contributed by atoms with Gasteiger partial charge in [-0.15, -0.1) is 0 Å². The number of carbonyl (C=O) groups is 1. The van der Waals surface area contributed by atoms with Gasteiger partial charge >= 0.3 is 6.09 Å². The Labute approximate surface area is 118 Å². The Morgan fingerprint density at radius 3 is 2.90 bits per heavy atom. The third-order valence-electron chi connectivity index (χ3n) is 4.20. The smallest absolute Gasteiger partial charge is 0.409 e. The fraction of sp³-hybridized carbons (Fsp3) is 0.533. The second-order valence-corrected chi connectivity index (χ2v) is 5.43. The lowest BCUT2D eigenvalue weighted by Gasteiger charge is -2.23. The van der Waals surface area contributed by atoms with Crippen LogP contribution in [-0.4, -0.2) is 54.6 Å². The first-order valence-electron chi connectivity index (χ1n) is 6.89. The molecule has 20 heavy (non-hydrogen) atoms. The van der Waals surface area contributed by atoms with E-state index in [0.717, 1.165) is 6.42 Å². The van der Waals surface area contributed by atoms with Crippen molar-refractivity contribution in [3.8, 4) is 0 Å². The average molecular weight is 277 g/mol. The van der Waals surface area contributed by atoms with Crippen molar-refractivity contribution in [2.75, 3.05) is 20.3 Å². The molecule has 1 aromatic rings. The lowest BCUT2D eigenvalue weighted by molar-refractivity contribution is 0.0595. The summed E-state index contributed by atoms with van der Waals surface area (Å²) in [5, 5.41) is 10.0. The Balaban J connectivity index is 1.78. The van der Waals surface area contributed by atoms with Gasteiger partial charge in [0.15, 0.2) is 0 Å². The molecule has 108 valence electrons. The third-order valence-corrected chi connectivity index (χ3v) is 4.20. The maximum absolute atomic E-state index is 11.8. The van der Waals surface area contributed by atoms with Gasteiger partial charge in [0.25, 0.3) is 0 Å². The Morgan fingerprint density at radius 2 is 2.20 bits per heavy atom. The molecular weight excluding hydrogens is 258 g/mol. The molecule has 3 rings (SSSR count). The number of carbonyl (C=O) groups excluding carboxylic acids is 1. The van der Waals surface area contributed by atoms with Crippen LogP contribution in [0.1, 0.15) is 5.56 Å². The molecule has 4 atom stereocenters. The van der Waals surface area contributed by atoms with E-state index >= 15 is 0 Å². The van der Waals surface area contributed by atoms with Crippen molar-refractivity contribution in [2.24, 2.45) is 5.92 Å². The predicted octanol–water partition coefficient (Wildman–Crippen LogP) is 1.06. The Hall–Kier alpha value is -1.59. The maximum Gasteiger partial charge on any atom is 0.409 e. The van der Waals surface area contributed by atoms with Gasteiger partial charge in [0, 0.05) is 12.5 Å². The van der Waals surface area contributed by atoms with Crippen molar-refractivity contribution in [2.45, 2.75) is 24.7 Å². The molecule has 0 radical (unpaired) electrons. The van der Waals surface area contributed by atoms with Crippen molar-refractivity contribution in [1.82, 2.24) is 4.90 Å². The van der Waals surface area contributed by atoms with E-state index in [-0.39, 0.29) is 30.8 Å². The topological polar surface area (TPSA) is 59.0 Å². The van der Waals surface area contributed by atoms with Gasteiger partial charge in [-0.05, 0) is 12.0 Å². The van der Waals surface area contributed by atoms with Crippen LogP contribution in [0.4, 0.5) is 4.79 Å².